The maximum absolute atomic E-state index is 12.7. The molecule has 20 heavy (non-hydrogen) atoms. The van der Waals surface area contributed by atoms with Crippen molar-refractivity contribution < 1.29 is 9.59 Å². The van der Waals surface area contributed by atoms with Crippen molar-refractivity contribution in [1.29, 1.82) is 5.26 Å². The molecule has 3 rings (SSSR count). The van der Waals surface area contributed by atoms with Crippen molar-refractivity contribution in [2.45, 2.75) is 31.7 Å². The molecule has 1 fully saturated rings. The Labute approximate surface area is 121 Å². The quantitative estimate of drug-likeness (QED) is 0.846. The minimum absolute atomic E-state index is 0.155. The molecule has 0 radical (unpaired) electrons. The summed E-state index contributed by atoms with van der Waals surface area (Å²) in [5, 5.41) is 13.7. The zero-order valence-electron chi connectivity index (χ0n) is 11.2. The molecular formula is C14H15N3O2S. The molecule has 0 saturated carbocycles. The molecule has 1 aromatic heterocycles. The van der Waals surface area contributed by atoms with Crippen LogP contribution in [-0.2, 0) is 16.8 Å². The molecule has 5 nitrogen and oxygen atoms in total. The van der Waals surface area contributed by atoms with Gasteiger partial charge in [0.05, 0.1) is 12.0 Å². The van der Waals surface area contributed by atoms with Gasteiger partial charge in [-0.2, -0.15) is 5.26 Å². The van der Waals surface area contributed by atoms with Gasteiger partial charge in [-0.3, -0.25) is 9.69 Å². The van der Waals surface area contributed by atoms with E-state index in [1.54, 1.807) is 18.3 Å². The van der Waals surface area contributed by atoms with Crippen LogP contribution >= 0.6 is 11.3 Å². The third-order valence-electron chi connectivity index (χ3n) is 4.01. The monoisotopic (exact) mass is 289 g/mol. The number of nitrogens with one attached hydrogen (secondary N) is 1. The molecular weight excluding hydrogens is 274 g/mol. The van der Waals surface area contributed by atoms with Crippen molar-refractivity contribution in [2.75, 3.05) is 6.54 Å². The highest BCUT2D eigenvalue weighted by atomic mass is 32.1. The number of hydrogen-bond acceptors (Lipinski definition) is 4. The smallest absolute Gasteiger partial charge is 0.319 e. The number of amides is 3. The first-order chi connectivity index (χ1) is 9.58. The van der Waals surface area contributed by atoms with Gasteiger partial charge in [0.1, 0.15) is 5.54 Å². The second kappa shape index (κ2) is 4.60. The van der Waals surface area contributed by atoms with Crippen molar-refractivity contribution in [3.05, 3.63) is 21.9 Å². The molecule has 0 unspecified atom stereocenters. The Morgan fingerprint density at radius 1 is 1.60 bits per heavy atom. The summed E-state index contributed by atoms with van der Waals surface area (Å²) in [6.07, 6.45) is 2.49. The number of urea groups is 1. The number of fused-ring (bicyclic) bond motifs is 2. The first-order valence-corrected chi connectivity index (χ1v) is 7.57. The average molecular weight is 289 g/mol. The largest absolute Gasteiger partial charge is 0.325 e. The van der Waals surface area contributed by atoms with E-state index in [0.717, 1.165) is 18.4 Å². The minimum Gasteiger partial charge on any atom is -0.319 e. The number of hydrogen-bond donors (Lipinski definition) is 1. The second-order valence-electron chi connectivity index (χ2n) is 5.39. The van der Waals surface area contributed by atoms with Gasteiger partial charge in [-0.1, -0.05) is 0 Å². The van der Waals surface area contributed by atoms with Crippen molar-refractivity contribution in [1.82, 2.24) is 10.2 Å². The maximum atomic E-state index is 12.7. The van der Waals surface area contributed by atoms with Gasteiger partial charge in [0.15, 0.2) is 0 Å². The lowest BCUT2D eigenvalue weighted by Gasteiger charge is -2.31. The van der Waals surface area contributed by atoms with Crippen LogP contribution in [0.25, 0.3) is 0 Å². The summed E-state index contributed by atoms with van der Waals surface area (Å²) in [4.78, 5) is 27.2. The predicted molar refractivity (Wildman–Crippen MR) is 74.0 cm³/mol. The lowest BCUT2D eigenvalue weighted by Crippen LogP contribution is -2.46. The normalized spacial score (nSPS) is 26.3. The predicted octanol–water partition coefficient (Wildman–Crippen LogP) is 1.99. The van der Waals surface area contributed by atoms with Crippen LogP contribution in [0.5, 0.6) is 0 Å². The number of imide groups is 1. The van der Waals surface area contributed by atoms with Crippen LogP contribution in [0.3, 0.4) is 0 Å². The van der Waals surface area contributed by atoms with Crippen LogP contribution in [0.4, 0.5) is 4.79 Å². The summed E-state index contributed by atoms with van der Waals surface area (Å²) < 4.78 is 0. The SMILES string of the molecule is C[C@H](C#N)CN1C(=O)N[C@@]2(CCCc3sccc32)C1=O. The van der Waals surface area contributed by atoms with E-state index in [-0.39, 0.29) is 24.4 Å². The van der Waals surface area contributed by atoms with Crippen LogP contribution in [0.15, 0.2) is 11.4 Å². The van der Waals surface area contributed by atoms with E-state index in [1.807, 2.05) is 11.4 Å². The first kappa shape index (κ1) is 13.1. The maximum Gasteiger partial charge on any atom is 0.325 e. The molecule has 3 amide bonds. The van der Waals surface area contributed by atoms with Crippen molar-refractivity contribution in [2.24, 2.45) is 5.92 Å². The van der Waals surface area contributed by atoms with Gasteiger partial charge in [0.2, 0.25) is 0 Å². The van der Waals surface area contributed by atoms with E-state index in [2.05, 4.69) is 11.4 Å². The van der Waals surface area contributed by atoms with Crippen LogP contribution < -0.4 is 5.32 Å². The van der Waals surface area contributed by atoms with Gasteiger partial charge in [-0.25, -0.2) is 4.79 Å². The Morgan fingerprint density at radius 2 is 2.40 bits per heavy atom. The molecule has 1 aromatic rings. The zero-order chi connectivity index (χ0) is 14.3. The topological polar surface area (TPSA) is 73.2 Å². The Bertz CT molecular complexity index is 618. The highest BCUT2D eigenvalue weighted by Gasteiger charge is 2.54. The van der Waals surface area contributed by atoms with Crippen LogP contribution in [0.1, 0.15) is 30.2 Å². The molecule has 2 atom stereocenters. The molecule has 0 aromatic carbocycles. The summed E-state index contributed by atoms with van der Waals surface area (Å²) >= 11 is 1.63. The van der Waals surface area contributed by atoms with E-state index in [1.165, 1.54) is 9.78 Å². The summed E-state index contributed by atoms with van der Waals surface area (Å²) in [5.74, 6) is -0.561. The minimum atomic E-state index is -0.889. The van der Waals surface area contributed by atoms with Crippen molar-refractivity contribution in [3.63, 3.8) is 0 Å². The van der Waals surface area contributed by atoms with Gasteiger partial charge >= 0.3 is 6.03 Å². The molecule has 1 spiro atoms. The zero-order valence-corrected chi connectivity index (χ0v) is 12.0. The van der Waals surface area contributed by atoms with E-state index in [9.17, 15) is 9.59 Å². The Kier molecular flexibility index (Phi) is 3.02. The molecule has 6 heteroatoms. The van der Waals surface area contributed by atoms with Gasteiger partial charge in [0.25, 0.3) is 5.91 Å². The van der Waals surface area contributed by atoms with Crippen LogP contribution in [0, 0.1) is 17.2 Å². The summed E-state index contributed by atoms with van der Waals surface area (Å²) in [5.41, 5.74) is 0.0547. The summed E-state index contributed by atoms with van der Waals surface area (Å²) in [6.45, 7) is 1.87. The molecule has 2 aliphatic rings. The highest BCUT2D eigenvalue weighted by Crippen LogP contribution is 2.42. The number of carbonyl (C=O) groups excluding carboxylic acids is 2. The molecule has 0 bridgehead atoms. The van der Waals surface area contributed by atoms with Gasteiger partial charge in [0, 0.05) is 17.0 Å². The first-order valence-electron chi connectivity index (χ1n) is 6.69. The molecule has 1 N–H and O–H groups in total. The average Bonchev–Trinajstić information content (AvgIpc) is 3.00. The van der Waals surface area contributed by atoms with E-state index in [4.69, 9.17) is 5.26 Å². The number of aryl methyl sites for hydroxylation is 1. The number of carbonyl (C=O) groups is 2. The third kappa shape index (κ3) is 1.74. The summed E-state index contributed by atoms with van der Waals surface area (Å²) in [6, 6.07) is 3.63. The molecule has 2 heterocycles. The summed E-state index contributed by atoms with van der Waals surface area (Å²) in [7, 11) is 0. The number of nitrogens with zero attached hydrogens (tertiary/aromatic N) is 2. The Balaban J connectivity index is 1.97. The lowest BCUT2D eigenvalue weighted by molar-refractivity contribution is -0.132. The van der Waals surface area contributed by atoms with Gasteiger partial charge in [-0.15, -0.1) is 11.3 Å². The van der Waals surface area contributed by atoms with Gasteiger partial charge < -0.3 is 5.32 Å². The van der Waals surface area contributed by atoms with Gasteiger partial charge in [-0.05, 0) is 37.6 Å². The van der Waals surface area contributed by atoms with Crippen LogP contribution in [0.2, 0.25) is 0 Å². The fraction of sp³-hybridized carbons (Fsp3) is 0.500. The Morgan fingerprint density at radius 3 is 3.15 bits per heavy atom. The van der Waals surface area contributed by atoms with E-state index in [0.29, 0.717) is 6.42 Å². The fourth-order valence-corrected chi connectivity index (χ4v) is 4.02. The van der Waals surface area contributed by atoms with E-state index < -0.39 is 5.54 Å². The van der Waals surface area contributed by atoms with Crippen molar-refractivity contribution >= 4 is 23.3 Å². The molecule has 1 saturated heterocycles. The van der Waals surface area contributed by atoms with Crippen molar-refractivity contribution in [3.8, 4) is 6.07 Å². The number of thiophene rings is 1. The number of rotatable bonds is 2. The number of nitriles is 1. The lowest BCUT2D eigenvalue weighted by atomic mass is 9.80. The molecule has 1 aliphatic heterocycles. The standard InChI is InChI=1S/C14H15N3O2S/c1-9(7-15)8-17-12(18)14(16-13(17)19)5-2-3-11-10(14)4-6-20-11/h4,6,9H,2-3,5,8H2,1H3,(H,16,19)/t9-,14-/m1/s1. The third-order valence-corrected chi connectivity index (χ3v) is 4.99. The van der Waals surface area contributed by atoms with Crippen LogP contribution in [-0.4, -0.2) is 23.4 Å². The fourth-order valence-electron chi connectivity index (χ4n) is 3.02. The molecule has 104 valence electrons. The van der Waals surface area contributed by atoms with E-state index >= 15 is 0 Å². The molecule has 1 aliphatic carbocycles. The highest BCUT2D eigenvalue weighted by molar-refractivity contribution is 7.10. The second-order valence-corrected chi connectivity index (χ2v) is 6.39. The Hall–Kier alpha value is -1.87.